The summed E-state index contributed by atoms with van der Waals surface area (Å²) < 4.78 is 0. The number of nitrogens with zero attached hydrogens (tertiary/aromatic N) is 1. The maximum Gasteiger partial charge on any atom is 0.257 e. The van der Waals surface area contributed by atoms with Gasteiger partial charge in [-0.1, -0.05) is 37.5 Å². The largest absolute Gasteiger partial charge is 0.325 e. The fraction of sp³-hybridized carbons (Fsp3) is 0.381. The maximum atomic E-state index is 13.1. The molecule has 0 saturated heterocycles. The van der Waals surface area contributed by atoms with Gasteiger partial charge in [-0.05, 0) is 42.9 Å². The molecule has 2 aliphatic carbocycles. The lowest BCUT2D eigenvalue weighted by Crippen LogP contribution is -2.34. The van der Waals surface area contributed by atoms with Crippen molar-refractivity contribution in [1.82, 2.24) is 5.32 Å². The van der Waals surface area contributed by atoms with E-state index in [4.69, 9.17) is 0 Å². The Balaban J connectivity index is 1.64. The summed E-state index contributed by atoms with van der Waals surface area (Å²) in [4.78, 5) is 30.6. The molecule has 134 valence electrons. The van der Waals surface area contributed by atoms with E-state index in [9.17, 15) is 9.59 Å². The molecule has 1 fully saturated rings. The first-order chi connectivity index (χ1) is 12.6. The molecule has 0 spiro atoms. The number of aliphatic imine (C=N–C) groups is 1. The molecule has 5 heteroatoms. The molecular formula is C21H22N2O2S. The fourth-order valence-electron chi connectivity index (χ4n) is 4.18. The molecule has 1 aliphatic heterocycles. The molecule has 1 aromatic rings. The van der Waals surface area contributed by atoms with E-state index in [0.717, 1.165) is 48.3 Å². The second-order valence-electron chi connectivity index (χ2n) is 7.11. The number of allylic oxidation sites excluding steroid dienone is 3. The van der Waals surface area contributed by atoms with Crippen molar-refractivity contribution < 1.29 is 9.59 Å². The molecule has 0 radical (unpaired) electrons. The zero-order valence-electron chi connectivity index (χ0n) is 14.8. The van der Waals surface area contributed by atoms with Crippen molar-refractivity contribution in [1.29, 1.82) is 0 Å². The van der Waals surface area contributed by atoms with Crippen LogP contribution in [-0.2, 0) is 15.0 Å². The summed E-state index contributed by atoms with van der Waals surface area (Å²) in [6.45, 7) is 2.05. The Labute approximate surface area is 157 Å². The van der Waals surface area contributed by atoms with E-state index in [1.807, 2.05) is 36.6 Å². The topological polar surface area (TPSA) is 58.5 Å². The van der Waals surface area contributed by atoms with Gasteiger partial charge in [-0.15, -0.1) is 11.3 Å². The van der Waals surface area contributed by atoms with Crippen molar-refractivity contribution >= 4 is 28.9 Å². The molecule has 1 saturated carbocycles. The minimum absolute atomic E-state index is 0.0548. The Hall–Kier alpha value is -2.27. The molecule has 0 bridgehead atoms. The number of carbonyl (C=O) groups is 2. The van der Waals surface area contributed by atoms with Gasteiger partial charge in [-0.2, -0.15) is 0 Å². The molecule has 3 aliphatic rings. The number of hydrogen-bond acceptors (Lipinski definition) is 3. The number of fused-ring (bicyclic) bond motifs is 1. The van der Waals surface area contributed by atoms with E-state index < -0.39 is 5.41 Å². The van der Waals surface area contributed by atoms with Crippen LogP contribution in [0.2, 0.25) is 0 Å². The van der Waals surface area contributed by atoms with Gasteiger partial charge in [-0.3, -0.25) is 9.59 Å². The highest BCUT2D eigenvalue weighted by Crippen LogP contribution is 2.44. The van der Waals surface area contributed by atoms with Crippen LogP contribution < -0.4 is 5.32 Å². The van der Waals surface area contributed by atoms with Gasteiger partial charge in [0, 0.05) is 22.6 Å². The summed E-state index contributed by atoms with van der Waals surface area (Å²) in [7, 11) is 0. The zero-order valence-corrected chi connectivity index (χ0v) is 15.6. The monoisotopic (exact) mass is 366 g/mol. The Morgan fingerprint density at radius 1 is 1.35 bits per heavy atom. The summed E-state index contributed by atoms with van der Waals surface area (Å²) in [5.74, 6) is -0.0681. The Morgan fingerprint density at radius 2 is 2.15 bits per heavy atom. The molecule has 1 aromatic heterocycles. The first-order valence-corrected chi connectivity index (χ1v) is 10.1. The smallest absolute Gasteiger partial charge is 0.257 e. The van der Waals surface area contributed by atoms with Gasteiger partial charge < -0.3 is 5.32 Å². The summed E-state index contributed by atoms with van der Waals surface area (Å²) in [5, 5.41) is 4.92. The third-order valence-corrected chi connectivity index (χ3v) is 6.65. The Morgan fingerprint density at radius 3 is 2.85 bits per heavy atom. The maximum absolute atomic E-state index is 13.1. The van der Waals surface area contributed by atoms with Crippen molar-refractivity contribution in [3.63, 3.8) is 0 Å². The average molecular weight is 366 g/mol. The molecule has 1 atom stereocenters. The Kier molecular flexibility index (Phi) is 4.49. The van der Waals surface area contributed by atoms with Gasteiger partial charge in [0.1, 0.15) is 0 Å². The molecule has 1 N–H and O–H groups in total. The minimum atomic E-state index is -0.464. The second-order valence-corrected chi connectivity index (χ2v) is 8.05. The molecule has 4 rings (SSSR count). The van der Waals surface area contributed by atoms with E-state index in [0.29, 0.717) is 5.71 Å². The first-order valence-electron chi connectivity index (χ1n) is 9.21. The third-order valence-electron chi connectivity index (χ3n) is 5.58. The van der Waals surface area contributed by atoms with Crippen molar-refractivity contribution in [2.24, 2.45) is 10.9 Å². The van der Waals surface area contributed by atoms with E-state index in [2.05, 4.69) is 16.4 Å². The summed E-state index contributed by atoms with van der Waals surface area (Å²) in [5.41, 5.74) is 2.07. The van der Waals surface area contributed by atoms with E-state index in [1.165, 1.54) is 0 Å². The van der Waals surface area contributed by atoms with Gasteiger partial charge in [0.2, 0.25) is 5.91 Å². The van der Waals surface area contributed by atoms with Crippen LogP contribution in [0.1, 0.15) is 43.9 Å². The molecule has 1 unspecified atom stereocenters. The van der Waals surface area contributed by atoms with Crippen LogP contribution in [0.3, 0.4) is 0 Å². The van der Waals surface area contributed by atoms with E-state index in [-0.39, 0.29) is 17.7 Å². The SMILES string of the molecule is CCC1=CC(=O)NC2=CC(=NC(=O)C3(c4cccs4)CCCC3)C=CC12. The summed E-state index contributed by atoms with van der Waals surface area (Å²) in [6.07, 6.45) is 12.1. The molecule has 0 aromatic carbocycles. The normalized spacial score (nSPS) is 25.5. The van der Waals surface area contributed by atoms with Crippen LogP contribution in [0.15, 0.2) is 58.1 Å². The second kappa shape index (κ2) is 6.80. The molecule has 2 amide bonds. The lowest BCUT2D eigenvalue weighted by atomic mass is 9.83. The number of amides is 2. The van der Waals surface area contributed by atoms with Crippen LogP contribution in [0.25, 0.3) is 0 Å². The predicted octanol–water partition coefficient (Wildman–Crippen LogP) is 4.06. The lowest BCUT2D eigenvalue weighted by Gasteiger charge is -2.27. The van der Waals surface area contributed by atoms with Gasteiger partial charge in [0.15, 0.2) is 0 Å². The number of carbonyl (C=O) groups excluding carboxylic acids is 2. The van der Waals surface area contributed by atoms with Crippen molar-refractivity contribution in [3.8, 4) is 0 Å². The van der Waals surface area contributed by atoms with Gasteiger partial charge in [0.05, 0.1) is 11.1 Å². The average Bonchev–Trinajstić information content (AvgIpc) is 3.32. The minimum Gasteiger partial charge on any atom is -0.325 e. The molecular weight excluding hydrogens is 344 g/mol. The quantitative estimate of drug-likeness (QED) is 0.877. The summed E-state index contributed by atoms with van der Waals surface area (Å²) in [6, 6.07) is 4.06. The molecule has 4 nitrogen and oxygen atoms in total. The van der Waals surface area contributed by atoms with Crippen molar-refractivity contribution in [3.05, 3.63) is 58.0 Å². The van der Waals surface area contributed by atoms with E-state index in [1.54, 1.807) is 17.4 Å². The number of rotatable bonds is 3. The lowest BCUT2D eigenvalue weighted by molar-refractivity contribution is -0.123. The fourth-order valence-corrected chi connectivity index (χ4v) is 5.16. The highest BCUT2D eigenvalue weighted by molar-refractivity contribution is 7.10. The number of thiophene rings is 1. The van der Waals surface area contributed by atoms with Gasteiger partial charge in [-0.25, -0.2) is 4.99 Å². The number of nitrogens with one attached hydrogen (secondary N) is 1. The van der Waals surface area contributed by atoms with Crippen molar-refractivity contribution in [2.75, 3.05) is 0 Å². The number of hydrogen-bond donors (Lipinski definition) is 1. The zero-order chi connectivity index (χ0) is 18.1. The molecule has 26 heavy (non-hydrogen) atoms. The highest BCUT2D eigenvalue weighted by Gasteiger charge is 2.43. The summed E-state index contributed by atoms with van der Waals surface area (Å²) >= 11 is 1.64. The van der Waals surface area contributed by atoms with Crippen LogP contribution in [0.4, 0.5) is 0 Å². The highest BCUT2D eigenvalue weighted by atomic mass is 32.1. The Bertz CT molecular complexity index is 853. The van der Waals surface area contributed by atoms with Crippen molar-refractivity contribution in [2.45, 2.75) is 44.4 Å². The van der Waals surface area contributed by atoms with Crippen LogP contribution in [-0.4, -0.2) is 17.5 Å². The molecule has 2 heterocycles. The van der Waals surface area contributed by atoms with Gasteiger partial charge >= 0.3 is 0 Å². The third kappa shape index (κ3) is 2.90. The van der Waals surface area contributed by atoms with Crippen LogP contribution in [0.5, 0.6) is 0 Å². The standard InChI is InChI=1S/C21H22N2O2S/c1-2-14-12-19(24)23-17-13-15(7-8-16(14)17)22-20(25)21(9-3-4-10-21)18-6-5-11-26-18/h5-8,11-13,16H,2-4,9-10H2,1H3,(H,23,24). The van der Waals surface area contributed by atoms with Gasteiger partial charge in [0.25, 0.3) is 5.91 Å². The van der Waals surface area contributed by atoms with Crippen LogP contribution in [0, 0.1) is 5.92 Å². The predicted molar refractivity (Wildman–Crippen MR) is 104 cm³/mol. The van der Waals surface area contributed by atoms with Crippen LogP contribution >= 0.6 is 11.3 Å². The van der Waals surface area contributed by atoms with E-state index >= 15 is 0 Å². The first kappa shape index (κ1) is 17.2.